The lowest BCUT2D eigenvalue weighted by Gasteiger charge is -2.21. The molecular formula is C21H25. The fourth-order valence-electron chi connectivity index (χ4n) is 3.27. The molecule has 0 atom stereocenters. The molecule has 0 aromatic heterocycles. The van der Waals surface area contributed by atoms with Crippen LogP contribution in [0.1, 0.15) is 43.2 Å². The zero-order valence-electron chi connectivity index (χ0n) is 13.0. The summed E-state index contributed by atoms with van der Waals surface area (Å²) < 4.78 is 0. The highest BCUT2D eigenvalue weighted by molar-refractivity contribution is 5.63. The van der Waals surface area contributed by atoms with Crippen LogP contribution in [-0.2, 0) is 6.42 Å². The predicted molar refractivity (Wildman–Crippen MR) is 91.2 cm³/mol. The molecule has 1 aliphatic rings. The first kappa shape index (κ1) is 14.4. The van der Waals surface area contributed by atoms with Crippen molar-refractivity contribution in [2.24, 2.45) is 5.92 Å². The van der Waals surface area contributed by atoms with E-state index in [4.69, 9.17) is 0 Å². The molecule has 0 spiro atoms. The van der Waals surface area contributed by atoms with Crippen molar-refractivity contribution in [3.8, 4) is 11.1 Å². The van der Waals surface area contributed by atoms with Crippen LogP contribution in [0.2, 0.25) is 0 Å². The van der Waals surface area contributed by atoms with Crippen molar-refractivity contribution in [1.82, 2.24) is 0 Å². The van der Waals surface area contributed by atoms with Crippen molar-refractivity contribution in [2.45, 2.75) is 45.4 Å². The number of benzene rings is 2. The Kier molecular flexibility index (Phi) is 4.75. The van der Waals surface area contributed by atoms with E-state index in [1.54, 1.807) is 0 Å². The minimum Gasteiger partial charge on any atom is -0.0587 e. The van der Waals surface area contributed by atoms with Gasteiger partial charge >= 0.3 is 0 Å². The van der Waals surface area contributed by atoms with Gasteiger partial charge in [-0.05, 0) is 61.6 Å². The smallest absolute Gasteiger partial charge is 0.0184 e. The highest BCUT2D eigenvalue weighted by Crippen LogP contribution is 2.27. The molecule has 0 aliphatic heterocycles. The Morgan fingerprint density at radius 2 is 1.38 bits per heavy atom. The Labute approximate surface area is 129 Å². The lowest BCUT2D eigenvalue weighted by atomic mass is 9.85. The van der Waals surface area contributed by atoms with Crippen LogP contribution in [0, 0.1) is 19.3 Å². The van der Waals surface area contributed by atoms with Gasteiger partial charge < -0.3 is 0 Å². The maximum absolute atomic E-state index is 2.45. The molecule has 0 bridgehead atoms. The third kappa shape index (κ3) is 3.97. The second-order valence-electron chi connectivity index (χ2n) is 6.41. The first-order valence-corrected chi connectivity index (χ1v) is 8.29. The van der Waals surface area contributed by atoms with Crippen LogP contribution < -0.4 is 0 Å². The van der Waals surface area contributed by atoms with Gasteiger partial charge in [0.2, 0.25) is 0 Å². The minimum absolute atomic E-state index is 0.951. The Bertz CT molecular complexity index is 542. The van der Waals surface area contributed by atoms with Crippen LogP contribution in [0.25, 0.3) is 11.1 Å². The van der Waals surface area contributed by atoms with E-state index in [1.165, 1.54) is 60.8 Å². The van der Waals surface area contributed by atoms with Crippen molar-refractivity contribution in [1.29, 1.82) is 0 Å². The minimum atomic E-state index is 0.951. The van der Waals surface area contributed by atoms with E-state index in [2.05, 4.69) is 61.9 Å². The van der Waals surface area contributed by atoms with Crippen LogP contribution in [0.4, 0.5) is 0 Å². The fraction of sp³-hybridized carbons (Fsp3) is 0.381. The summed E-state index contributed by atoms with van der Waals surface area (Å²) in [7, 11) is 0. The van der Waals surface area contributed by atoms with Gasteiger partial charge in [0.1, 0.15) is 0 Å². The molecule has 0 heteroatoms. The summed E-state index contributed by atoms with van der Waals surface area (Å²) in [5.41, 5.74) is 5.45. The van der Waals surface area contributed by atoms with E-state index in [-0.39, 0.29) is 0 Å². The molecule has 1 fully saturated rings. The van der Waals surface area contributed by atoms with Crippen LogP contribution in [0.3, 0.4) is 0 Å². The van der Waals surface area contributed by atoms with Gasteiger partial charge in [-0.1, -0.05) is 66.9 Å². The monoisotopic (exact) mass is 277 g/mol. The van der Waals surface area contributed by atoms with Crippen molar-refractivity contribution in [2.75, 3.05) is 0 Å². The van der Waals surface area contributed by atoms with Crippen LogP contribution in [0.5, 0.6) is 0 Å². The van der Waals surface area contributed by atoms with Crippen molar-refractivity contribution in [3.05, 3.63) is 66.1 Å². The summed E-state index contributed by atoms with van der Waals surface area (Å²) in [6.07, 6.45) is 10.5. The molecule has 2 aromatic carbocycles. The van der Waals surface area contributed by atoms with Gasteiger partial charge in [-0.25, -0.2) is 0 Å². The maximum atomic E-state index is 2.45. The first-order valence-electron chi connectivity index (χ1n) is 8.29. The Balaban J connectivity index is 1.59. The number of hydrogen-bond donors (Lipinski definition) is 0. The molecule has 2 aromatic rings. The predicted octanol–water partition coefficient (Wildman–Crippen LogP) is 5.99. The maximum Gasteiger partial charge on any atom is -0.0184 e. The summed E-state index contributed by atoms with van der Waals surface area (Å²) in [5, 5.41) is 0. The topological polar surface area (TPSA) is 0 Å². The molecule has 0 saturated heterocycles. The van der Waals surface area contributed by atoms with Crippen molar-refractivity contribution < 1.29 is 0 Å². The average molecular weight is 277 g/mol. The third-order valence-corrected chi connectivity index (χ3v) is 4.74. The van der Waals surface area contributed by atoms with Gasteiger partial charge in [-0.3, -0.25) is 0 Å². The molecule has 0 N–H and O–H groups in total. The van der Waals surface area contributed by atoms with E-state index < -0.39 is 0 Å². The van der Waals surface area contributed by atoms with Gasteiger partial charge in [-0.2, -0.15) is 0 Å². The molecule has 0 heterocycles. The molecule has 109 valence electrons. The lowest BCUT2D eigenvalue weighted by Crippen LogP contribution is -2.07. The Hall–Kier alpha value is -1.56. The summed E-state index contributed by atoms with van der Waals surface area (Å²) in [6.45, 7) is 2.13. The highest BCUT2D eigenvalue weighted by Gasteiger charge is 2.13. The second kappa shape index (κ2) is 6.93. The highest BCUT2D eigenvalue weighted by atomic mass is 14.2. The van der Waals surface area contributed by atoms with Crippen LogP contribution >= 0.6 is 0 Å². The van der Waals surface area contributed by atoms with Gasteiger partial charge in [0.05, 0.1) is 0 Å². The van der Waals surface area contributed by atoms with E-state index in [9.17, 15) is 0 Å². The normalized spacial score (nSPS) is 16.0. The SMILES string of the molecule is Cc1ccc(-c2ccc(CCC3CC[CH]CC3)cc2)cc1. The number of rotatable bonds is 4. The quantitative estimate of drug-likeness (QED) is 0.644. The van der Waals surface area contributed by atoms with Crippen molar-refractivity contribution >= 4 is 0 Å². The molecular weight excluding hydrogens is 252 g/mol. The fourth-order valence-corrected chi connectivity index (χ4v) is 3.27. The summed E-state index contributed by atoms with van der Waals surface area (Å²) in [6, 6.07) is 18.0. The lowest BCUT2D eigenvalue weighted by molar-refractivity contribution is 0.381. The summed E-state index contributed by atoms with van der Waals surface area (Å²) >= 11 is 0. The van der Waals surface area contributed by atoms with E-state index in [0.717, 1.165) is 5.92 Å². The van der Waals surface area contributed by atoms with E-state index >= 15 is 0 Å². The van der Waals surface area contributed by atoms with Gasteiger partial charge in [-0.15, -0.1) is 0 Å². The number of hydrogen-bond acceptors (Lipinski definition) is 0. The molecule has 1 aliphatic carbocycles. The van der Waals surface area contributed by atoms with Gasteiger partial charge in [0.15, 0.2) is 0 Å². The van der Waals surface area contributed by atoms with Crippen LogP contribution in [0.15, 0.2) is 48.5 Å². The molecule has 0 nitrogen and oxygen atoms in total. The molecule has 1 saturated carbocycles. The molecule has 0 amide bonds. The zero-order valence-corrected chi connectivity index (χ0v) is 13.0. The second-order valence-corrected chi connectivity index (χ2v) is 6.41. The Morgan fingerprint density at radius 3 is 2.00 bits per heavy atom. The molecule has 3 rings (SSSR count). The van der Waals surface area contributed by atoms with Gasteiger partial charge in [0.25, 0.3) is 0 Å². The molecule has 1 radical (unpaired) electrons. The van der Waals surface area contributed by atoms with E-state index in [1.807, 2.05) is 0 Å². The van der Waals surface area contributed by atoms with E-state index in [0.29, 0.717) is 0 Å². The van der Waals surface area contributed by atoms with Crippen LogP contribution in [-0.4, -0.2) is 0 Å². The summed E-state index contributed by atoms with van der Waals surface area (Å²) in [4.78, 5) is 0. The number of aryl methyl sites for hydroxylation is 2. The molecule has 21 heavy (non-hydrogen) atoms. The molecule has 0 unspecified atom stereocenters. The largest absolute Gasteiger partial charge is 0.0587 e. The summed E-state index contributed by atoms with van der Waals surface area (Å²) in [5.74, 6) is 0.951. The third-order valence-electron chi connectivity index (χ3n) is 4.74. The van der Waals surface area contributed by atoms with Gasteiger partial charge in [0, 0.05) is 0 Å². The standard InChI is InChI=1S/C21H25/c1-17-7-13-20(14-8-17)21-15-11-19(12-16-21)10-9-18-5-3-2-4-6-18/h2,7-8,11-16,18H,3-6,9-10H2,1H3. The Morgan fingerprint density at radius 1 is 0.810 bits per heavy atom. The first-order chi connectivity index (χ1) is 10.3. The van der Waals surface area contributed by atoms with Crippen molar-refractivity contribution in [3.63, 3.8) is 0 Å². The zero-order chi connectivity index (χ0) is 14.5. The average Bonchev–Trinajstić information content (AvgIpc) is 2.55.